The summed E-state index contributed by atoms with van der Waals surface area (Å²) in [6, 6.07) is 19.7. The molecule has 35 heavy (non-hydrogen) atoms. The van der Waals surface area contributed by atoms with Gasteiger partial charge in [0.1, 0.15) is 12.4 Å². The molecule has 9 heteroatoms. The molecule has 0 aromatic heterocycles. The van der Waals surface area contributed by atoms with E-state index in [1.165, 1.54) is 25.1 Å². The van der Waals surface area contributed by atoms with Crippen molar-refractivity contribution in [2.45, 2.75) is 25.7 Å². The molecule has 0 fully saturated rings. The van der Waals surface area contributed by atoms with Crippen LogP contribution in [0.5, 0.6) is 5.75 Å². The highest BCUT2D eigenvalue weighted by Crippen LogP contribution is 2.36. The molecule has 0 aliphatic carbocycles. The lowest BCUT2D eigenvalue weighted by Crippen LogP contribution is -2.46. The Kier molecular flexibility index (Phi) is 6.77. The molecule has 3 aromatic carbocycles. The number of halogens is 3. The van der Waals surface area contributed by atoms with Gasteiger partial charge in [0.2, 0.25) is 0 Å². The third-order valence-corrected chi connectivity index (χ3v) is 5.46. The van der Waals surface area contributed by atoms with Crippen molar-refractivity contribution in [3.63, 3.8) is 0 Å². The molecule has 0 spiro atoms. The third kappa shape index (κ3) is 5.63. The first-order valence-corrected chi connectivity index (χ1v) is 10.7. The lowest BCUT2D eigenvalue weighted by Gasteiger charge is -2.29. The van der Waals surface area contributed by atoms with Gasteiger partial charge in [0.05, 0.1) is 22.9 Å². The van der Waals surface area contributed by atoms with Crippen LogP contribution in [0.1, 0.15) is 29.7 Å². The highest BCUT2D eigenvalue weighted by atomic mass is 19.4. The van der Waals surface area contributed by atoms with Gasteiger partial charge in [-0.05, 0) is 42.3 Å². The largest absolute Gasteiger partial charge is 0.489 e. The Bertz CT molecular complexity index is 1260. The average Bonchev–Trinajstić information content (AvgIpc) is 2.83. The second kappa shape index (κ2) is 9.92. The number of carbonyl (C=O) groups excluding carboxylic acids is 2. The summed E-state index contributed by atoms with van der Waals surface area (Å²) in [5, 5.41) is 7.53. The van der Waals surface area contributed by atoms with Gasteiger partial charge in [0.15, 0.2) is 0 Å². The minimum atomic E-state index is -4.64. The van der Waals surface area contributed by atoms with Gasteiger partial charge < -0.3 is 20.7 Å². The van der Waals surface area contributed by atoms with E-state index in [1.54, 1.807) is 24.3 Å². The maximum Gasteiger partial charge on any atom is 0.418 e. The van der Waals surface area contributed by atoms with E-state index < -0.39 is 29.7 Å². The normalized spacial score (nSPS) is 15.8. The number of urea groups is 1. The standard InChI is InChI=1S/C26H22F3N3O3/c1-16-22(24(33)31-21-10-6-5-9-20(21)26(27,28)29)23(32-25(34)30-16)18-11-13-19(14-12-18)35-15-17-7-3-2-4-8-17/h2-14,23H,15H2,1H3,(H,31,33)(H2,30,32,34)/t23-/m1/s1. The summed E-state index contributed by atoms with van der Waals surface area (Å²) in [5.41, 5.74) is 0.575. The van der Waals surface area contributed by atoms with Crippen LogP contribution in [0.4, 0.5) is 23.7 Å². The summed E-state index contributed by atoms with van der Waals surface area (Å²) in [7, 11) is 0. The number of benzene rings is 3. The quantitative estimate of drug-likeness (QED) is 0.432. The topological polar surface area (TPSA) is 79.5 Å². The van der Waals surface area contributed by atoms with Gasteiger partial charge in [-0.3, -0.25) is 4.79 Å². The number of alkyl halides is 3. The van der Waals surface area contributed by atoms with Gasteiger partial charge in [-0.1, -0.05) is 54.6 Å². The van der Waals surface area contributed by atoms with Crippen LogP contribution in [0.25, 0.3) is 0 Å². The fourth-order valence-electron chi connectivity index (χ4n) is 3.77. The highest BCUT2D eigenvalue weighted by molar-refractivity contribution is 6.07. The monoisotopic (exact) mass is 481 g/mol. The van der Waals surface area contributed by atoms with Crippen molar-refractivity contribution in [3.05, 3.63) is 107 Å². The second-order valence-corrected chi connectivity index (χ2v) is 7.91. The number of para-hydroxylation sites is 1. The lowest BCUT2D eigenvalue weighted by atomic mass is 9.94. The van der Waals surface area contributed by atoms with Crippen LogP contribution in [-0.4, -0.2) is 11.9 Å². The summed E-state index contributed by atoms with van der Waals surface area (Å²) < 4.78 is 45.9. The van der Waals surface area contributed by atoms with Gasteiger partial charge >= 0.3 is 12.2 Å². The van der Waals surface area contributed by atoms with E-state index in [0.29, 0.717) is 17.9 Å². The molecule has 1 aliphatic heterocycles. The van der Waals surface area contributed by atoms with Crippen molar-refractivity contribution >= 4 is 17.6 Å². The Balaban J connectivity index is 1.56. The number of amides is 3. The van der Waals surface area contributed by atoms with E-state index >= 15 is 0 Å². The molecule has 1 heterocycles. The zero-order chi connectivity index (χ0) is 25.0. The number of hydrogen-bond acceptors (Lipinski definition) is 3. The molecule has 0 radical (unpaired) electrons. The van der Waals surface area contributed by atoms with Crippen molar-refractivity contribution in [3.8, 4) is 5.75 Å². The fourth-order valence-corrected chi connectivity index (χ4v) is 3.77. The highest BCUT2D eigenvalue weighted by Gasteiger charge is 2.35. The van der Waals surface area contributed by atoms with E-state index in [9.17, 15) is 22.8 Å². The summed E-state index contributed by atoms with van der Waals surface area (Å²) in [6.07, 6.45) is -4.64. The summed E-state index contributed by atoms with van der Waals surface area (Å²) in [4.78, 5) is 25.3. The molecule has 1 aliphatic rings. The first-order valence-electron chi connectivity index (χ1n) is 10.7. The number of rotatable bonds is 6. The van der Waals surface area contributed by atoms with E-state index in [-0.39, 0.29) is 17.0 Å². The van der Waals surface area contributed by atoms with Gasteiger partial charge in [-0.2, -0.15) is 13.2 Å². The second-order valence-electron chi connectivity index (χ2n) is 7.91. The smallest absolute Gasteiger partial charge is 0.418 e. The molecule has 180 valence electrons. The maximum absolute atomic E-state index is 13.4. The Morgan fingerprint density at radius 2 is 1.63 bits per heavy atom. The molecule has 3 aromatic rings. The molecular weight excluding hydrogens is 459 g/mol. The Morgan fingerprint density at radius 1 is 0.971 bits per heavy atom. The van der Waals surface area contributed by atoms with Gasteiger partial charge in [-0.25, -0.2) is 4.79 Å². The number of allylic oxidation sites excluding steroid dienone is 1. The van der Waals surface area contributed by atoms with Crippen molar-refractivity contribution in [2.24, 2.45) is 0 Å². The summed E-state index contributed by atoms with van der Waals surface area (Å²) >= 11 is 0. The van der Waals surface area contributed by atoms with Crippen LogP contribution in [0, 0.1) is 0 Å². The van der Waals surface area contributed by atoms with E-state index in [4.69, 9.17) is 4.74 Å². The van der Waals surface area contributed by atoms with E-state index in [0.717, 1.165) is 11.6 Å². The molecule has 3 amide bonds. The first-order chi connectivity index (χ1) is 16.7. The molecule has 6 nitrogen and oxygen atoms in total. The van der Waals surface area contributed by atoms with Crippen LogP contribution < -0.4 is 20.7 Å². The molecule has 3 N–H and O–H groups in total. The predicted molar refractivity (Wildman–Crippen MR) is 124 cm³/mol. The van der Waals surface area contributed by atoms with E-state index in [2.05, 4.69) is 16.0 Å². The Labute approximate surface area is 199 Å². The minimum absolute atomic E-state index is 0.0968. The Hall–Kier alpha value is -4.27. The SMILES string of the molecule is CC1=C(C(=O)Nc2ccccc2C(F)(F)F)[C@@H](c2ccc(OCc3ccccc3)cc2)NC(=O)N1. The van der Waals surface area contributed by atoms with Gasteiger partial charge in [-0.15, -0.1) is 0 Å². The number of carbonyl (C=O) groups is 2. The predicted octanol–water partition coefficient (Wildman–Crippen LogP) is 5.55. The Morgan fingerprint density at radius 3 is 2.31 bits per heavy atom. The van der Waals surface area contributed by atoms with Crippen molar-refractivity contribution < 1.29 is 27.5 Å². The lowest BCUT2D eigenvalue weighted by molar-refractivity contribution is -0.137. The van der Waals surface area contributed by atoms with Crippen LogP contribution in [0.15, 0.2) is 90.1 Å². The van der Waals surface area contributed by atoms with Crippen LogP contribution >= 0.6 is 0 Å². The molecule has 0 unspecified atom stereocenters. The van der Waals surface area contributed by atoms with Gasteiger partial charge in [0.25, 0.3) is 5.91 Å². The van der Waals surface area contributed by atoms with Crippen LogP contribution in [0.3, 0.4) is 0 Å². The number of anilines is 1. The number of hydrogen-bond donors (Lipinski definition) is 3. The average molecular weight is 481 g/mol. The number of ether oxygens (including phenoxy) is 1. The number of nitrogens with one attached hydrogen (secondary N) is 3. The van der Waals surface area contributed by atoms with Crippen LogP contribution in [-0.2, 0) is 17.6 Å². The maximum atomic E-state index is 13.4. The third-order valence-electron chi connectivity index (χ3n) is 5.46. The van der Waals surface area contributed by atoms with Crippen LogP contribution in [0.2, 0.25) is 0 Å². The van der Waals surface area contributed by atoms with Crippen molar-refractivity contribution in [1.29, 1.82) is 0 Å². The molecule has 0 bridgehead atoms. The van der Waals surface area contributed by atoms with Crippen molar-refractivity contribution in [1.82, 2.24) is 10.6 Å². The molecule has 4 rings (SSSR count). The molecule has 0 saturated heterocycles. The zero-order valence-electron chi connectivity index (χ0n) is 18.6. The summed E-state index contributed by atoms with van der Waals surface area (Å²) in [6.45, 7) is 1.89. The van der Waals surface area contributed by atoms with Crippen molar-refractivity contribution in [2.75, 3.05) is 5.32 Å². The summed E-state index contributed by atoms with van der Waals surface area (Å²) in [5.74, 6) is -0.176. The minimum Gasteiger partial charge on any atom is -0.489 e. The first kappa shape index (κ1) is 23.9. The molecular formula is C26H22F3N3O3. The molecule has 1 atom stereocenters. The fraction of sp³-hybridized carbons (Fsp3) is 0.154. The van der Waals surface area contributed by atoms with E-state index in [1.807, 2.05) is 30.3 Å². The van der Waals surface area contributed by atoms with Gasteiger partial charge in [0, 0.05) is 5.70 Å². The molecule has 0 saturated carbocycles. The zero-order valence-corrected chi connectivity index (χ0v) is 18.6.